The highest BCUT2D eigenvalue weighted by Crippen LogP contribution is 2.29. The lowest BCUT2D eigenvalue weighted by Crippen LogP contribution is -2.07. The number of benzene rings is 1. The van der Waals surface area contributed by atoms with Gasteiger partial charge in [-0.15, -0.1) is 5.10 Å². The summed E-state index contributed by atoms with van der Waals surface area (Å²) >= 11 is 0. The molecule has 0 aliphatic rings. The average Bonchev–Trinajstić information content (AvgIpc) is 3.51. The molecular weight excluding hydrogens is 412 g/mol. The third-order valence-electron chi connectivity index (χ3n) is 5.82. The molecule has 8 nitrogen and oxygen atoms in total. The van der Waals surface area contributed by atoms with Crippen molar-refractivity contribution in [2.24, 2.45) is 0 Å². The fraction of sp³-hybridized carbons (Fsp3) is 0.440. The number of aromatic nitrogens is 8. The van der Waals surface area contributed by atoms with Crippen molar-refractivity contribution < 1.29 is 0 Å². The van der Waals surface area contributed by atoms with Crippen LogP contribution in [-0.4, -0.2) is 40.4 Å². The Hall–Kier alpha value is -3.42. The molecule has 4 aromatic rings. The van der Waals surface area contributed by atoms with Crippen LogP contribution in [0.2, 0.25) is 0 Å². The standard InChI is InChI=1S/C25H32N8/c1-3-5-7-9-23-27-24(10-8-6-4-2)33(30-23)18-19-11-13-20(14-12-19)22-17-26-16-15-21(22)25-28-31-32-29-25/h11-17H,3-10,18H2,1-2H3,(H,28,29,31,32). The van der Waals surface area contributed by atoms with Gasteiger partial charge >= 0.3 is 0 Å². The zero-order chi connectivity index (χ0) is 22.9. The second-order valence-corrected chi connectivity index (χ2v) is 8.38. The monoisotopic (exact) mass is 444 g/mol. The summed E-state index contributed by atoms with van der Waals surface area (Å²) in [5, 5.41) is 19.1. The molecule has 0 bridgehead atoms. The van der Waals surface area contributed by atoms with Gasteiger partial charge in [0.05, 0.1) is 6.54 Å². The van der Waals surface area contributed by atoms with Crippen LogP contribution in [0.1, 0.15) is 69.6 Å². The number of unbranched alkanes of at least 4 members (excludes halogenated alkanes) is 4. The molecule has 4 rings (SSSR count). The topological polar surface area (TPSA) is 98.1 Å². The van der Waals surface area contributed by atoms with Crippen molar-refractivity contribution in [2.45, 2.75) is 71.8 Å². The van der Waals surface area contributed by atoms with Gasteiger partial charge in [-0.25, -0.2) is 14.8 Å². The predicted molar refractivity (Wildman–Crippen MR) is 128 cm³/mol. The largest absolute Gasteiger partial charge is 0.264 e. The van der Waals surface area contributed by atoms with Gasteiger partial charge in [-0.2, -0.15) is 5.10 Å². The number of nitrogens with one attached hydrogen (secondary N) is 1. The number of rotatable bonds is 12. The zero-order valence-electron chi connectivity index (χ0n) is 19.5. The molecule has 1 aromatic carbocycles. The van der Waals surface area contributed by atoms with E-state index in [2.05, 4.69) is 68.4 Å². The quantitative estimate of drug-likeness (QED) is 0.308. The highest BCUT2D eigenvalue weighted by atomic mass is 15.5. The maximum absolute atomic E-state index is 4.88. The van der Waals surface area contributed by atoms with Crippen LogP contribution in [0.25, 0.3) is 22.5 Å². The normalized spacial score (nSPS) is 11.2. The number of hydrogen-bond acceptors (Lipinski definition) is 6. The molecule has 0 spiro atoms. The molecule has 33 heavy (non-hydrogen) atoms. The maximum Gasteiger partial charge on any atom is 0.180 e. The molecule has 0 saturated heterocycles. The molecule has 8 heteroatoms. The molecule has 0 saturated carbocycles. The lowest BCUT2D eigenvalue weighted by Gasteiger charge is -2.09. The Morgan fingerprint density at radius 3 is 2.39 bits per heavy atom. The highest BCUT2D eigenvalue weighted by Gasteiger charge is 2.13. The van der Waals surface area contributed by atoms with Gasteiger partial charge in [-0.1, -0.05) is 63.8 Å². The Bertz CT molecular complexity index is 1120. The van der Waals surface area contributed by atoms with Gasteiger partial charge in [0.25, 0.3) is 0 Å². The van der Waals surface area contributed by atoms with Crippen LogP contribution >= 0.6 is 0 Å². The van der Waals surface area contributed by atoms with Crippen LogP contribution in [-0.2, 0) is 19.4 Å². The zero-order valence-corrected chi connectivity index (χ0v) is 19.5. The minimum absolute atomic E-state index is 0.631. The van der Waals surface area contributed by atoms with Crippen molar-refractivity contribution in [1.82, 2.24) is 40.4 Å². The van der Waals surface area contributed by atoms with Gasteiger partial charge in [0.15, 0.2) is 11.6 Å². The van der Waals surface area contributed by atoms with Crippen LogP contribution in [0.4, 0.5) is 0 Å². The number of aryl methyl sites for hydroxylation is 2. The molecule has 0 aliphatic heterocycles. The van der Waals surface area contributed by atoms with E-state index in [0.29, 0.717) is 5.82 Å². The van der Waals surface area contributed by atoms with Crippen molar-refractivity contribution in [1.29, 1.82) is 0 Å². The molecule has 0 fully saturated rings. The van der Waals surface area contributed by atoms with Gasteiger partial charge in [0.2, 0.25) is 0 Å². The van der Waals surface area contributed by atoms with Crippen molar-refractivity contribution in [3.8, 4) is 22.5 Å². The van der Waals surface area contributed by atoms with E-state index in [0.717, 1.165) is 60.6 Å². The fourth-order valence-corrected chi connectivity index (χ4v) is 3.98. The molecule has 0 atom stereocenters. The lowest BCUT2D eigenvalue weighted by atomic mass is 10.0. The number of hydrogen-bond donors (Lipinski definition) is 1. The summed E-state index contributed by atoms with van der Waals surface area (Å²) in [6, 6.07) is 10.5. The van der Waals surface area contributed by atoms with Crippen molar-refractivity contribution in [2.75, 3.05) is 0 Å². The Balaban J connectivity index is 1.52. The molecule has 1 N–H and O–H groups in total. The van der Waals surface area contributed by atoms with E-state index in [1.54, 1.807) is 6.20 Å². The first kappa shape index (κ1) is 22.8. The maximum atomic E-state index is 4.88. The molecule has 0 amide bonds. The number of tetrazole rings is 1. The van der Waals surface area contributed by atoms with Crippen molar-refractivity contribution in [3.05, 3.63) is 59.9 Å². The van der Waals surface area contributed by atoms with E-state index >= 15 is 0 Å². The molecule has 3 heterocycles. The first-order valence-corrected chi connectivity index (χ1v) is 12.0. The van der Waals surface area contributed by atoms with Gasteiger partial charge in [-0.3, -0.25) is 4.98 Å². The lowest BCUT2D eigenvalue weighted by molar-refractivity contribution is 0.601. The van der Waals surface area contributed by atoms with Crippen LogP contribution in [0.15, 0.2) is 42.7 Å². The summed E-state index contributed by atoms with van der Waals surface area (Å²) in [6.07, 6.45) is 12.7. The van der Waals surface area contributed by atoms with E-state index in [1.165, 1.54) is 31.2 Å². The Morgan fingerprint density at radius 1 is 0.879 bits per heavy atom. The van der Waals surface area contributed by atoms with Crippen LogP contribution < -0.4 is 0 Å². The number of aromatic amines is 1. The molecule has 0 aliphatic carbocycles. The Labute approximate surface area is 194 Å². The summed E-state index contributed by atoms with van der Waals surface area (Å²) in [5.74, 6) is 2.71. The second-order valence-electron chi connectivity index (χ2n) is 8.38. The van der Waals surface area contributed by atoms with E-state index < -0.39 is 0 Å². The smallest absolute Gasteiger partial charge is 0.180 e. The third kappa shape index (κ3) is 5.88. The highest BCUT2D eigenvalue weighted by molar-refractivity contribution is 5.79. The van der Waals surface area contributed by atoms with E-state index in [1.807, 2.05) is 12.3 Å². The van der Waals surface area contributed by atoms with E-state index in [-0.39, 0.29) is 0 Å². The molecule has 0 radical (unpaired) electrons. The minimum atomic E-state index is 0.631. The van der Waals surface area contributed by atoms with E-state index in [9.17, 15) is 0 Å². The predicted octanol–water partition coefficient (Wildman–Crippen LogP) is 5.03. The molecule has 172 valence electrons. The van der Waals surface area contributed by atoms with Gasteiger partial charge in [0, 0.05) is 36.4 Å². The fourth-order valence-electron chi connectivity index (χ4n) is 3.98. The van der Waals surface area contributed by atoms with E-state index in [4.69, 9.17) is 10.1 Å². The van der Waals surface area contributed by atoms with Crippen molar-refractivity contribution in [3.63, 3.8) is 0 Å². The van der Waals surface area contributed by atoms with Crippen LogP contribution in [0, 0.1) is 0 Å². The summed E-state index contributed by atoms with van der Waals surface area (Å²) in [7, 11) is 0. The van der Waals surface area contributed by atoms with Crippen LogP contribution in [0.5, 0.6) is 0 Å². The number of nitrogens with zero attached hydrogens (tertiary/aromatic N) is 7. The summed E-state index contributed by atoms with van der Waals surface area (Å²) in [6.45, 7) is 5.19. The first-order valence-electron chi connectivity index (χ1n) is 12.0. The molecule has 0 unspecified atom stereocenters. The SMILES string of the molecule is CCCCCc1nc(CCCCC)n(Cc2ccc(-c3cnccc3-c3nnn[nH]3)cc2)n1. The third-order valence-corrected chi connectivity index (χ3v) is 5.82. The average molecular weight is 445 g/mol. The van der Waals surface area contributed by atoms with Gasteiger partial charge in [0.1, 0.15) is 5.82 Å². The Morgan fingerprint density at radius 2 is 1.67 bits per heavy atom. The molecule has 3 aromatic heterocycles. The van der Waals surface area contributed by atoms with Crippen molar-refractivity contribution >= 4 is 0 Å². The second kappa shape index (κ2) is 11.4. The number of pyridine rings is 1. The first-order chi connectivity index (χ1) is 16.3. The Kier molecular flexibility index (Phi) is 7.90. The minimum Gasteiger partial charge on any atom is -0.264 e. The summed E-state index contributed by atoms with van der Waals surface area (Å²) in [4.78, 5) is 9.17. The van der Waals surface area contributed by atoms with Crippen LogP contribution in [0.3, 0.4) is 0 Å². The molecular formula is C25H32N8. The summed E-state index contributed by atoms with van der Waals surface area (Å²) in [5.41, 5.74) is 4.18. The van der Waals surface area contributed by atoms with Gasteiger partial charge in [-0.05, 0) is 40.5 Å². The summed E-state index contributed by atoms with van der Waals surface area (Å²) < 4.78 is 2.10. The van der Waals surface area contributed by atoms with Gasteiger partial charge < -0.3 is 0 Å². The number of H-pyrrole nitrogens is 1.